The van der Waals surface area contributed by atoms with E-state index in [1.165, 1.54) is 0 Å². The first-order valence-electron chi connectivity index (χ1n) is 6.98. The summed E-state index contributed by atoms with van der Waals surface area (Å²) in [6.07, 6.45) is 0.799. The summed E-state index contributed by atoms with van der Waals surface area (Å²) in [7, 11) is 3.28. The minimum absolute atomic E-state index is 0.00479. The highest BCUT2D eigenvalue weighted by atomic mass is 16.5. The Balaban J connectivity index is 2.80. The van der Waals surface area contributed by atoms with Crippen molar-refractivity contribution in [2.75, 3.05) is 45.9 Å². The Kier molecular flexibility index (Phi) is 7.74. The molecule has 0 aromatic heterocycles. The number of anilines is 1. The summed E-state index contributed by atoms with van der Waals surface area (Å²) in [5.41, 5.74) is 5.01. The molecule has 0 saturated heterocycles. The van der Waals surface area contributed by atoms with Gasteiger partial charge in [-0.1, -0.05) is 0 Å². The van der Waals surface area contributed by atoms with E-state index < -0.39 is 0 Å². The van der Waals surface area contributed by atoms with Crippen LogP contribution in [-0.2, 0) is 9.47 Å². The zero-order valence-corrected chi connectivity index (χ0v) is 13.0. The number of hydrogen-bond donors (Lipinski definition) is 2. The molecule has 3 N–H and O–H groups in total. The first-order valence-corrected chi connectivity index (χ1v) is 6.98. The average molecular weight is 295 g/mol. The van der Waals surface area contributed by atoms with Crippen LogP contribution in [0.5, 0.6) is 0 Å². The number of nitrogens with two attached hydrogens (primary N) is 1. The van der Waals surface area contributed by atoms with E-state index >= 15 is 0 Å². The molecule has 0 heterocycles. The van der Waals surface area contributed by atoms with Crippen LogP contribution in [0.1, 0.15) is 22.3 Å². The first-order chi connectivity index (χ1) is 10.1. The molecule has 0 aliphatic heterocycles. The summed E-state index contributed by atoms with van der Waals surface area (Å²) in [4.78, 5) is 14.4. The molecule has 21 heavy (non-hydrogen) atoms. The molecule has 0 atom stereocenters. The zero-order valence-electron chi connectivity index (χ0n) is 13.0. The lowest BCUT2D eigenvalue weighted by molar-refractivity contribution is 0.0674. The average Bonchev–Trinajstić information content (AvgIpc) is 2.50. The monoisotopic (exact) mass is 295 g/mol. The lowest BCUT2D eigenvalue weighted by atomic mass is 10.1. The lowest BCUT2D eigenvalue weighted by Crippen LogP contribution is -2.35. The number of hydrazine groups is 1. The minimum Gasteiger partial charge on any atom is -0.385 e. The van der Waals surface area contributed by atoms with E-state index in [0.717, 1.165) is 17.7 Å². The molecule has 0 spiro atoms. The number of amides is 1. The number of methoxy groups -OCH3 is 2. The summed E-state index contributed by atoms with van der Waals surface area (Å²) in [5.74, 6) is 5.40. The predicted molar refractivity (Wildman–Crippen MR) is 83.3 cm³/mol. The van der Waals surface area contributed by atoms with E-state index in [1.54, 1.807) is 25.2 Å². The van der Waals surface area contributed by atoms with Crippen LogP contribution in [0.4, 0.5) is 5.69 Å². The van der Waals surface area contributed by atoms with Gasteiger partial charge in [-0.25, -0.2) is 0 Å². The zero-order chi connectivity index (χ0) is 15.7. The normalized spacial score (nSPS) is 10.5. The molecule has 1 aromatic rings. The van der Waals surface area contributed by atoms with Gasteiger partial charge >= 0.3 is 0 Å². The van der Waals surface area contributed by atoms with Crippen LogP contribution >= 0.6 is 0 Å². The van der Waals surface area contributed by atoms with Crippen molar-refractivity contribution >= 4 is 11.6 Å². The molecular weight excluding hydrogens is 270 g/mol. The van der Waals surface area contributed by atoms with Gasteiger partial charge in [0.2, 0.25) is 0 Å². The van der Waals surface area contributed by atoms with Gasteiger partial charge in [0.15, 0.2) is 0 Å². The molecule has 118 valence electrons. The second-order valence-electron chi connectivity index (χ2n) is 4.81. The minimum atomic E-state index is -0.00479. The predicted octanol–water partition coefficient (Wildman–Crippen LogP) is 1.41. The van der Waals surface area contributed by atoms with Gasteiger partial charge in [-0.05, 0) is 37.1 Å². The highest BCUT2D eigenvalue weighted by Gasteiger charge is 2.16. The summed E-state index contributed by atoms with van der Waals surface area (Å²) < 4.78 is 10.1. The Hall–Kier alpha value is -1.63. The second kappa shape index (κ2) is 9.33. The number of carbonyl (C=O) groups excluding carboxylic acids is 1. The van der Waals surface area contributed by atoms with E-state index in [4.69, 9.17) is 15.3 Å². The van der Waals surface area contributed by atoms with E-state index in [0.29, 0.717) is 31.9 Å². The van der Waals surface area contributed by atoms with E-state index in [9.17, 15) is 4.79 Å². The Morgan fingerprint density at radius 3 is 2.52 bits per heavy atom. The van der Waals surface area contributed by atoms with Gasteiger partial charge < -0.3 is 19.8 Å². The molecule has 1 aromatic carbocycles. The molecule has 0 unspecified atom stereocenters. The third kappa shape index (κ3) is 5.34. The molecule has 0 bridgehead atoms. The molecular formula is C15H25N3O3. The SMILES string of the molecule is COCCCN(CCOC)C(=O)c1ccc(NN)c(C)c1. The van der Waals surface area contributed by atoms with Crippen LogP contribution in [0.25, 0.3) is 0 Å². The van der Waals surface area contributed by atoms with Crippen LogP contribution in [0.15, 0.2) is 18.2 Å². The highest BCUT2D eigenvalue weighted by molar-refractivity contribution is 5.95. The number of carbonyl (C=O) groups is 1. The highest BCUT2D eigenvalue weighted by Crippen LogP contribution is 2.16. The van der Waals surface area contributed by atoms with E-state index in [-0.39, 0.29) is 5.91 Å². The van der Waals surface area contributed by atoms with Crippen LogP contribution in [-0.4, -0.2) is 51.3 Å². The van der Waals surface area contributed by atoms with Crippen LogP contribution in [0.3, 0.4) is 0 Å². The van der Waals surface area contributed by atoms with Gasteiger partial charge in [-0.15, -0.1) is 0 Å². The lowest BCUT2D eigenvalue weighted by Gasteiger charge is -2.23. The molecule has 0 aliphatic rings. The molecule has 6 heteroatoms. The number of nitrogen functional groups attached to an aromatic ring is 1. The number of hydrogen-bond acceptors (Lipinski definition) is 5. The fourth-order valence-corrected chi connectivity index (χ4v) is 2.06. The van der Waals surface area contributed by atoms with Crippen molar-refractivity contribution in [1.29, 1.82) is 0 Å². The number of nitrogens with zero attached hydrogens (tertiary/aromatic N) is 1. The summed E-state index contributed by atoms with van der Waals surface area (Å²) in [6.45, 7) is 4.27. The second-order valence-corrected chi connectivity index (χ2v) is 4.81. The van der Waals surface area contributed by atoms with Gasteiger partial charge in [-0.3, -0.25) is 10.6 Å². The Bertz CT molecular complexity index is 452. The van der Waals surface area contributed by atoms with Gasteiger partial charge in [0.25, 0.3) is 5.91 Å². The van der Waals surface area contributed by atoms with E-state index in [2.05, 4.69) is 5.43 Å². The Labute approximate surface area is 126 Å². The number of rotatable bonds is 9. The van der Waals surface area contributed by atoms with Crippen molar-refractivity contribution < 1.29 is 14.3 Å². The summed E-state index contributed by atoms with van der Waals surface area (Å²) in [5, 5.41) is 0. The number of aryl methyl sites for hydroxylation is 1. The van der Waals surface area contributed by atoms with E-state index in [1.807, 2.05) is 19.1 Å². The van der Waals surface area contributed by atoms with Gasteiger partial charge in [0, 0.05) is 39.5 Å². The molecule has 0 radical (unpaired) electrons. The molecule has 1 rings (SSSR count). The van der Waals surface area contributed by atoms with Crippen molar-refractivity contribution in [1.82, 2.24) is 4.90 Å². The molecule has 1 amide bonds. The Morgan fingerprint density at radius 1 is 1.24 bits per heavy atom. The molecule has 0 aliphatic carbocycles. The maximum atomic E-state index is 12.6. The van der Waals surface area contributed by atoms with Crippen molar-refractivity contribution in [3.8, 4) is 0 Å². The van der Waals surface area contributed by atoms with Crippen molar-refractivity contribution in [3.63, 3.8) is 0 Å². The van der Waals surface area contributed by atoms with Crippen molar-refractivity contribution in [3.05, 3.63) is 29.3 Å². The summed E-state index contributed by atoms with van der Waals surface area (Å²) >= 11 is 0. The van der Waals surface area contributed by atoms with Crippen LogP contribution in [0, 0.1) is 6.92 Å². The van der Waals surface area contributed by atoms with Crippen LogP contribution < -0.4 is 11.3 Å². The third-order valence-corrected chi connectivity index (χ3v) is 3.26. The number of ether oxygens (including phenoxy) is 2. The van der Waals surface area contributed by atoms with Crippen molar-refractivity contribution in [2.45, 2.75) is 13.3 Å². The fourth-order valence-electron chi connectivity index (χ4n) is 2.06. The largest absolute Gasteiger partial charge is 0.385 e. The topological polar surface area (TPSA) is 76.8 Å². The molecule has 6 nitrogen and oxygen atoms in total. The molecule has 0 saturated carbocycles. The van der Waals surface area contributed by atoms with Gasteiger partial charge in [-0.2, -0.15) is 0 Å². The quantitative estimate of drug-likeness (QED) is 0.409. The number of benzene rings is 1. The fraction of sp³-hybridized carbons (Fsp3) is 0.533. The third-order valence-electron chi connectivity index (χ3n) is 3.26. The van der Waals surface area contributed by atoms with Gasteiger partial charge in [0.1, 0.15) is 0 Å². The summed E-state index contributed by atoms with van der Waals surface area (Å²) in [6, 6.07) is 5.43. The maximum Gasteiger partial charge on any atom is 0.253 e. The molecule has 0 fully saturated rings. The van der Waals surface area contributed by atoms with Crippen molar-refractivity contribution in [2.24, 2.45) is 5.84 Å². The smallest absolute Gasteiger partial charge is 0.253 e. The first kappa shape index (κ1) is 17.4. The van der Waals surface area contributed by atoms with Crippen LogP contribution in [0.2, 0.25) is 0 Å². The number of nitrogens with one attached hydrogen (secondary N) is 1. The van der Waals surface area contributed by atoms with Gasteiger partial charge in [0.05, 0.1) is 12.3 Å². The maximum absolute atomic E-state index is 12.6. The Morgan fingerprint density at radius 2 is 1.95 bits per heavy atom. The standard InChI is InChI=1S/C15H25N3O3/c1-12-11-13(5-6-14(12)17-16)15(19)18(8-10-21-3)7-4-9-20-2/h5-6,11,17H,4,7-10,16H2,1-3H3.